The van der Waals surface area contributed by atoms with Gasteiger partial charge in [-0.3, -0.25) is 4.79 Å². The Morgan fingerprint density at radius 1 is 1.47 bits per heavy atom. The van der Waals surface area contributed by atoms with E-state index < -0.39 is 0 Å². The number of ether oxygens (including phenoxy) is 3. The lowest BCUT2D eigenvalue weighted by molar-refractivity contribution is -0.147. The summed E-state index contributed by atoms with van der Waals surface area (Å²) in [6.07, 6.45) is 2.90. The van der Waals surface area contributed by atoms with Crippen LogP contribution in [0.1, 0.15) is 26.2 Å². The number of hydrogen-bond donors (Lipinski definition) is 0. The van der Waals surface area contributed by atoms with Crippen molar-refractivity contribution in [3.8, 4) is 0 Å². The van der Waals surface area contributed by atoms with Gasteiger partial charge in [-0.05, 0) is 12.8 Å². The van der Waals surface area contributed by atoms with Gasteiger partial charge in [0.1, 0.15) is 12.2 Å². The lowest BCUT2D eigenvalue weighted by Gasteiger charge is -2.22. The van der Waals surface area contributed by atoms with Gasteiger partial charge in [-0.2, -0.15) is 0 Å². The van der Waals surface area contributed by atoms with Gasteiger partial charge in [0.25, 0.3) is 0 Å². The maximum absolute atomic E-state index is 11.4. The molecule has 3 fully saturated rings. The molecule has 3 aliphatic rings. The molecule has 15 heavy (non-hydrogen) atoms. The highest BCUT2D eigenvalue weighted by Crippen LogP contribution is 2.47. The lowest BCUT2D eigenvalue weighted by Crippen LogP contribution is -2.38. The molecule has 4 heteroatoms. The van der Waals surface area contributed by atoms with E-state index in [1.165, 1.54) is 0 Å². The summed E-state index contributed by atoms with van der Waals surface area (Å²) in [5.74, 6) is -0.0971. The van der Waals surface area contributed by atoms with Crippen molar-refractivity contribution in [3.05, 3.63) is 0 Å². The fraction of sp³-hybridized carbons (Fsp3) is 0.909. The summed E-state index contributed by atoms with van der Waals surface area (Å²) < 4.78 is 16.7. The SMILES string of the molecule is CCCCOC1C2CC3C(=O)OC1C3O2. The van der Waals surface area contributed by atoms with Gasteiger partial charge < -0.3 is 14.2 Å². The number of carbonyl (C=O) groups is 1. The third-order valence-corrected chi connectivity index (χ3v) is 3.59. The Morgan fingerprint density at radius 2 is 2.33 bits per heavy atom. The number of fused-ring (bicyclic) bond motifs is 1. The molecule has 0 aliphatic carbocycles. The zero-order valence-electron chi connectivity index (χ0n) is 8.85. The van der Waals surface area contributed by atoms with E-state index in [-0.39, 0.29) is 36.3 Å². The fourth-order valence-corrected chi connectivity index (χ4v) is 2.80. The van der Waals surface area contributed by atoms with Crippen LogP contribution in [0.4, 0.5) is 0 Å². The maximum Gasteiger partial charge on any atom is 0.312 e. The molecule has 0 aromatic rings. The highest BCUT2D eigenvalue weighted by molar-refractivity contribution is 5.77. The Balaban J connectivity index is 1.65. The lowest BCUT2D eigenvalue weighted by atomic mass is 9.88. The molecular formula is C11H16O4. The van der Waals surface area contributed by atoms with E-state index in [1.54, 1.807) is 0 Å². The monoisotopic (exact) mass is 212 g/mol. The molecule has 4 nitrogen and oxygen atoms in total. The van der Waals surface area contributed by atoms with Crippen molar-refractivity contribution in [1.82, 2.24) is 0 Å². The Labute approximate surface area is 88.9 Å². The molecule has 0 N–H and O–H groups in total. The predicted molar refractivity (Wildman–Crippen MR) is 51.3 cm³/mol. The third-order valence-electron chi connectivity index (χ3n) is 3.59. The predicted octanol–water partition coefficient (Wildman–Crippen LogP) is 0.884. The molecular weight excluding hydrogens is 196 g/mol. The van der Waals surface area contributed by atoms with Crippen molar-refractivity contribution in [3.63, 3.8) is 0 Å². The van der Waals surface area contributed by atoms with Crippen LogP contribution in [-0.2, 0) is 19.0 Å². The molecule has 0 radical (unpaired) electrons. The summed E-state index contributed by atoms with van der Waals surface area (Å²) in [6.45, 7) is 2.87. The number of unbranched alkanes of at least 4 members (excludes halogenated alkanes) is 1. The second-order valence-corrected chi connectivity index (χ2v) is 4.57. The van der Waals surface area contributed by atoms with Crippen molar-refractivity contribution in [2.75, 3.05) is 6.61 Å². The Bertz CT molecular complexity index is 278. The fourth-order valence-electron chi connectivity index (χ4n) is 2.80. The van der Waals surface area contributed by atoms with Gasteiger partial charge in [0.15, 0.2) is 6.10 Å². The number of carbonyl (C=O) groups excluding carboxylic acids is 1. The minimum atomic E-state index is -0.127. The molecule has 0 spiro atoms. The van der Waals surface area contributed by atoms with Gasteiger partial charge in [0.2, 0.25) is 0 Å². The number of esters is 1. The van der Waals surface area contributed by atoms with E-state index in [0.29, 0.717) is 0 Å². The van der Waals surface area contributed by atoms with Crippen molar-refractivity contribution >= 4 is 5.97 Å². The van der Waals surface area contributed by atoms with Gasteiger partial charge in [-0.15, -0.1) is 0 Å². The Morgan fingerprint density at radius 3 is 3.13 bits per heavy atom. The highest BCUT2D eigenvalue weighted by atomic mass is 16.6. The third kappa shape index (κ3) is 1.31. The molecule has 3 heterocycles. The van der Waals surface area contributed by atoms with Crippen LogP contribution < -0.4 is 0 Å². The van der Waals surface area contributed by atoms with E-state index in [1.807, 2.05) is 0 Å². The van der Waals surface area contributed by atoms with Gasteiger partial charge in [0.05, 0.1) is 12.0 Å². The van der Waals surface area contributed by atoms with Crippen molar-refractivity contribution in [2.45, 2.75) is 50.6 Å². The van der Waals surface area contributed by atoms with Gasteiger partial charge in [-0.25, -0.2) is 0 Å². The van der Waals surface area contributed by atoms with Crippen LogP contribution in [0.2, 0.25) is 0 Å². The van der Waals surface area contributed by atoms with Crippen molar-refractivity contribution in [1.29, 1.82) is 0 Å². The highest BCUT2D eigenvalue weighted by Gasteiger charge is 2.63. The van der Waals surface area contributed by atoms with Crippen LogP contribution in [0.25, 0.3) is 0 Å². The van der Waals surface area contributed by atoms with E-state index >= 15 is 0 Å². The molecule has 3 rings (SSSR count). The van der Waals surface area contributed by atoms with Crippen LogP contribution in [0, 0.1) is 5.92 Å². The van der Waals surface area contributed by atoms with E-state index in [0.717, 1.165) is 25.9 Å². The van der Waals surface area contributed by atoms with Crippen LogP contribution in [0.5, 0.6) is 0 Å². The molecule has 3 saturated heterocycles. The van der Waals surface area contributed by atoms with Gasteiger partial charge in [-0.1, -0.05) is 13.3 Å². The second-order valence-electron chi connectivity index (χ2n) is 4.57. The zero-order chi connectivity index (χ0) is 10.4. The van der Waals surface area contributed by atoms with Gasteiger partial charge >= 0.3 is 5.97 Å². The molecule has 2 bridgehead atoms. The second kappa shape index (κ2) is 3.46. The van der Waals surface area contributed by atoms with Crippen LogP contribution in [-0.4, -0.2) is 37.0 Å². The smallest absolute Gasteiger partial charge is 0.312 e. The first kappa shape index (κ1) is 9.60. The first-order valence-electron chi connectivity index (χ1n) is 5.79. The molecule has 5 unspecified atom stereocenters. The van der Waals surface area contributed by atoms with Crippen molar-refractivity contribution in [2.24, 2.45) is 5.92 Å². The summed E-state index contributed by atoms with van der Waals surface area (Å²) in [5.41, 5.74) is 0. The van der Waals surface area contributed by atoms with Gasteiger partial charge in [0, 0.05) is 6.61 Å². The first-order chi connectivity index (χ1) is 7.31. The summed E-state index contributed by atoms with van der Waals surface area (Å²) in [4.78, 5) is 11.4. The minimum Gasteiger partial charge on any atom is -0.456 e. The maximum atomic E-state index is 11.4. The van der Waals surface area contributed by atoms with Crippen LogP contribution in [0.3, 0.4) is 0 Å². The minimum absolute atomic E-state index is 0.00831. The van der Waals surface area contributed by atoms with E-state index in [4.69, 9.17) is 14.2 Å². The average Bonchev–Trinajstić information content (AvgIpc) is 2.81. The molecule has 0 amide bonds. The normalized spacial score (nSPS) is 46.2. The number of hydrogen-bond acceptors (Lipinski definition) is 4. The molecule has 0 aromatic heterocycles. The molecule has 5 atom stereocenters. The largest absolute Gasteiger partial charge is 0.456 e. The summed E-state index contributed by atoms with van der Waals surface area (Å²) >= 11 is 0. The summed E-state index contributed by atoms with van der Waals surface area (Å²) in [7, 11) is 0. The molecule has 0 aromatic carbocycles. The van der Waals surface area contributed by atoms with E-state index in [2.05, 4.69) is 6.92 Å². The van der Waals surface area contributed by atoms with Crippen LogP contribution in [0.15, 0.2) is 0 Å². The molecule has 3 aliphatic heterocycles. The summed E-state index contributed by atoms with van der Waals surface area (Å²) in [5, 5.41) is 0. The van der Waals surface area contributed by atoms with Crippen molar-refractivity contribution < 1.29 is 19.0 Å². The Hall–Kier alpha value is -0.610. The molecule has 84 valence electrons. The topological polar surface area (TPSA) is 44.8 Å². The Kier molecular flexibility index (Phi) is 2.21. The number of rotatable bonds is 4. The average molecular weight is 212 g/mol. The van der Waals surface area contributed by atoms with E-state index in [9.17, 15) is 4.79 Å². The first-order valence-corrected chi connectivity index (χ1v) is 5.79. The quantitative estimate of drug-likeness (QED) is 0.512. The van der Waals surface area contributed by atoms with Crippen LogP contribution >= 0.6 is 0 Å². The zero-order valence-corrected chi connectivity index (χ0v) is 8.85. The standard InChI is InChI=1S/C11H16O4/c1-2-3-4-13-9-7-5-6-8(14-7)10(9)15-11(6)12/h6-10H,2-5H2,1H3. The molecule has 0 saturated carbocycles. The summed E-state index contributed by atoms with van der Waals surface area (Å²) in [6, 6.07) is 0.